The molecule has 1 N–H and O–H groups in total. The predicted octanol–water partition coefficient (Wildman–Crippen LogP) is 5.21. The molecule has 1 saturated carbocycles. The number of hydrogen-bond acceptors (Lipinski definition) is 4. The molecule has 0 amide bonds. The van der Waals surface area contributed by atoms with E-state index in [1.165, 1.54) is 6.07 Å². The molecule has 1 aliphatic carbocycles. The molecule has 0 spiro atoms. The molecule has 1 aliphatic heterocycles. The Labute approximate surface area is 178 Å². The van der Waals surface area contributed by atoms with Crippen LogP contribution in [0.1, 0.15) is 56.3 Å². The third kappa shape index (κ3) is 5.13. The maximum atomic E-state index is 14.1. The number of nitrogens with one attached hydrogen (secondary N) is 1. The summed E-state index contributed by atoms with van der Waals surface area (Å²) in [6, 6.07) is 13.8. The minimum atomic E-state index is -0.228. The van der Waals surface area contributed by atoms with Gasteiger partial charge < -0.3 is 19.5 Å². The zero-order chi connectivity index (χ0) is 20.9. The Morgan fingerprint density at radius 3 is 2.67 bits per heavy atom. The molecule has 0 aromatic heterocycles. The fourth-order valence-electron chi connectivity index (χ4n) is 4.63. The van der Waals surface area contributed by atoms with Gasteiger partial charge in [0.05, 0.1) is 12.7 Å². The van der Waals surface area contributed by atoms with E-state index in [4.69, 9.17) is 14.2 Å². The minimum Gasteiger partial charge on any atom is -0.490 e. The van der Waals surface area contributed by atoms with E-state index in [9.17, 15) is 4.39 Å². The van der Waals surface area contributed by atoms with Gasteiger partial charge in [0.1, 0.15) is 23.4 Å². The van der Waals surface area contributed by atoms with Crippen LogP contribution in [0.15, 0.2) is 42.5 Å². The van der Waals surface area contributed by atoms with Crippen molar-refractivity contribution in [2.75, 3.05) is 13.7 Å². The second-order valence-electron chi connectivity index (χ2n) is 8.55. The molecule has 0 bridgehead atoms. The molecule has 30 heavy (non-hydrogen) atoms. The molecule has 0 saturated heterocycles. The Morgan fingerprint density at radius 2 is 1.90 bits per heavy atom. The molecule has 1 heterocycles. The number of fused-ring (bicyclic) bond motifs is 1. The molecular formula is C25H32FNO3. The predicted molar refractivity (Wildman–Crippen MR) is 116 cm³/mol. The van der Waals surface area contributed by atoms with Gasteiger partial charge in [-0.1, -0.05) is 18.2 Å². The van der Waals surface area contributed by atoms with Crippen molar-refractivity contribution < 1.29 is 18.6 Å². The first-order valence-corrected chi connectivity index (χ1v) is 11.1. The Morgan fingerprint density at radius 1 is 1.10 bits per heavy atom. The van der Waals surface area contributed by atoms with Crippen LogP contribution in [0.3, 0.4) is 0 Å². The van der Waals surface area contributed by atoms with Gasteiger partial charge in [0.25, 0.3) is 0 Å². The highest BCUT2D eigenvalue weighted by Crippen LogP contribution is 2.38. The number of aryl methyl sites for hydroxylation is 1. The molecule has 4 nitrogen and oxygen atoms in total. The molecule has 2 atom stereocenters. The van der Waals surface area contributed by atoms with Crippen molar-refractivity contribution in [2.24, 2.45) is 0 Å². The van der Waals surface area contributed by atoms with Crippen LogP contribution in [-0.2, 0) is 11.2 Å². The van der Waals surface area contributed by atoms with E-state index in [1.807, 2.05) is 24.3 Å². The number of ether oxygens (including phenoxy) is 3. The summed E-state index contributed by atoms with van der Waals surface area (Å²) in [7, 11) is 1.74. The van der Waals surface area contributed by atoms with Gasteiger partial charge in [-0.15, -0.1) is 0 Å². The van der Waals surface area contributed by atoms with Crippen molar-refractivity contribution in [2.45, 2.75) is 69.7 Å². The van der Waals surface area contributed by atoms with E-state index in [1.54, 1.807) is 13.2 Å². The van der Waals surface area contributed by atoms with Crippen molar-refractivity contribution in [3.05, 3.63) is 59.4 Å². The third-order valence-corrected chi connectivity index (χ3v) is 6.14. The van der Waals surface area contributed by atoms with Crippen molar-refractivity contribution in [3.63, 3.8) is 0 Å². The van der Waals surface area contributed by atoms with Crippen LogP contribution in [0.4, 0.5) is 4.39 Å². The van der Waals surface area contributed by atoms with Crippen molar-refractivity contribution >= 4 is 0 Å². The van der Waals surface area contributed by atoms with E-state index >= 15 is 0 Å². The Bertz CT molecular complexity index is 835. The normalized spacial score (nSPS) is 24.6. The van der Waals surface area contributed by atoms with Crippen LogP contribution >= 0.6 is 0 Å². The van der Waals surface area contributed by atoms with Gasteiger partial charge >= 0.3 is 0 Å². The molecule has 2 aliphatic rings. The Balaban J connectivity index is 1.31. The van der Waals surface area contributed by atoms with Gasteiger partial charge in [-0.25, -0.2) is 4.39 Å². The zero-order valence-corrected chi connectivity index (χ0v) is 17.9. The van der Waals surface area contributed by atoms with Crippen molar-refractivity contribution in [1.29, 1.82) is 0 Å². The average molecular weight is 414 g/mol. The molecule has 5 heteroatoms. The molecule has 162 valence electrons. The van der Waals surface area contributed by atoms with Gasteiger partial charge in [-0.05, 0) is 75.3 Å². The quantitative estimate of drug-likeness (QED) is 0.677. The smallest absolute Gasteiger partial charge is 0.130 e. The highest BCUT2D eigenvalue weighted by Gasteiger charge is 2.26. The van der Waals surface area contributed by atoms with E-state index in [0.717, 1.165) is 62.2 Å². The minimum absolute atomic E-state index is 0.201. The van der Waals surface area contributed by atoms with E-state index in [2.05, 4.69) is 18.3 Å². The molecule has 2 aromatic carbocycles. The standard InChI is InChI=1S/C25H32FNO3/c1-17(16-28-2)27-19-8-10-20(11-9-19)29-21-12-14-24-18(15-21)7-13-25(30-24)22-5-3-4-6-23(22)26/h3-6,12,14-15,17,19-20,25,27H,7-11,13,16H2,1-2H3/t17-,19?,20?,25?/m0/s1. The molecule has 4 rings (SSSR count). The molecule has 1 fully saturated rings. The molecule has 2 aromatic rings. The summed E-state index contributed by atoms with van der Waals surface area (Å²) in [4.78, 5) is 0. The van der Waals surface area contributed by atoms with Gasteiger partial charge in [0, 0.05) is 24.8 Å². The monoisotopic (exact) mass is 413 g/mol. The summed E-state index contributed by atoms with van der Waals surface area (Å²) in [5, 5.41) is 3.64. The second kappa shape index (κ2) is 9.80. The first kappa shape index (κ1) is 21.1. The maximum Gasteiger partial charge on any atom is 0.130 e. The van der Waals surface area contributed by atoms with Crippen molar-refractivity contribution in [3.8, 4) is 11.5 Å². The molecular weight excluding hydrogens is 381 g/mol. The molecule has 1 unspecified atom stereocenters. The lowest BCUT2D eigenvalue weighted by Crippen LogP contribution is -2.42. The largest absolute Gasteiger partial charge is 0.490 e. The number of rotatable bonds is 7. The van der Waals surface area contributed by atoms with Crippen molar-refractivity contribution in [1.82, 2.24) is 5.32 Å². The van der Waals surface area contributed by atoms with Crippen LogP contribution in [-0.4, -0.2) is 31.9 Å². The lowest BCUT2D eigenvalue weighted by atomic mass is 9.92. The summed E-state index contributed by atoms with van der Waals surface area (Å²) in [5.41, 5.74) is 1.78. The summed E-state index contributed by atoms with van der Waals surface area (Å²) >= 11 is 0. The highest BCUT2D eigenvalue weighted by molar-refractivity contribution is 5.42. The first-order valence-electron chi connectivity index (χ1n) is 11.1. The van der Waals surface area contributed by atoms with E-state index in [0.29, 0.717) is 17.6 Å². The lowest BCUT2D eigenvalue weighted by Gasteiger charge is -2.32. The highest BCUT2D eigenvalue weighted by atomic mass is 19.1. The number of hydrogen-bond donors (Lipinski definition) is 1. The molecule has 0 radical (unpaired) electrons. The fraction of sp³-hybridized carbons (Fsp3) is 0.520. The van der Waals surface area contributed by atoms with Gasteiger partial charge in [-0.3, -0.25) is 0 Å². The van der Waals surface area contributed by atoms with Gasteiger partial charge in [-0.2, -0.15) is 0 Å². The first-order chi connectivity index (χ1) is 14.6. The summed E-state index contributed by atoms with van der Waals surface area (Å²) in [6.07, 6.45) is 6.02. The van der Waals surface area contributed by atoms with Crippen LogP contribution in [0.2, 0.25) is 0 Å². The number of halogens is 1. The van der Waals surface area contributed by atoms with Gasteiger partial charge in [0.15, 0.2) is 0 Å². The van der Waals surface area contributed by atoms with Gasteiger partial charge in [0.2, 0.25) is 0 Å². The van der Waals surface area contributed by atoms with Crippen LogP contribution in [0.5, 0.6) is 11.5 Å². The van der Waals surface area contributed by atoms with Crippen LogP contribution < -0.4 is 14.8 Å². The SMILES string of the molecule is COC[C@H](C)NC1CCC(Oc2ccc3c(c2)CCC(c2ccccc2F)O3)CC1. The fourth-order valence-corrected chi connectivity index (χ4v) is 4.63. The maximum absolute atomic E-state index is 14.1. The summed E-state index contributed by atoms with van der Waals surface area (Å²) in [6.45, 7) is 2.91. The summed E-state index contributed by atoms with van der Waals surface area (Å²) < 4.78 is 31.7. The Kier molecular flexibility index (Phi) is 6.90. The zero-order valence-electron chi connectivity index (χ0n) is 17.9. The van der Waals surface area contributed by atoms with E-state index < -0.39 is 0 Å². The van der Waals surface area contributed by atoms with E-state index in [-0.39, 0.29) is 18.0 Å². The van der Waals surface area contributed by atoms with Crippen LogP contribution in [0.25, 0.3) is 0 Å². The second-order valence-corrected chi connectivity index (χ2v) is 8.55. The Hall–Kier alpha value is -2.11. The average Bonchev–Trinajstić information content (AvgIpc) is 2.75. The van der Waals surface area contributed by atoms with Crippen LogP contribution in [0, 0.1) is 5.82 Å². The third-order valence-electron chi connectivity index (χ3n) is 6.14. The number of benzene rings is 2. The lowest BCUT2D eigenvalue weighted by molar-refractivity contribution is 0.123. The topological polar surface area (TPSA) is 39.7 Å². The number of methoxy groups -OCH3 is 1. The summed E-state index contributed by atoms with van der Waals surface area (Å²) in [5.74, 6) is 1.54.